The van der Waals surface area contributed by atoms with E-state index in [1.807, 2.05) is 24.3 Å². The summed E-state index contributed by atoms with van der Waals surface area (Å²) in [4.78, 5) is 32.5. The minimum atomic E-state index is -0.753. The van der Waals surface area contributed by atoms with Gasteiger partial charge in [0.15, 0.2) is 23.0 Å². The van der Waals surface area contributed by atoms with E-state index >= 15 is 0 Å². The van der Waals surface area contributed by atoms with E-state index in [1.165, 1.54) is 11.1 Å². The Morgan fingerprint density at radius 3 is 1.61 bits per heavy atom. The number of piperidine rings is 2. The van der Waals surface area contributed by atoms with E-state index in [-0.39, 0.29) is 32.4 Å². The molecule has 4 aliphatic heterocycles. The maximum absolute atomic E-state index is 13.6. The van der Waals surface area contributed by atoms with Gasteiger partial charge in [0.2, 0.25) is 0 Å². The van der Waals surface area contributed by atoms with Gasteiger partial charge in [-0.2, -0.15) is 0 Å². The number of ether oxygens (including phenoxy) is 4. The van der Waals surface area contributed by atoms with Crippen LogP contribution in [0.2, 0.25) is 0 Å². The monoisotopic (exact) mass is 706 g/mol. The van der Waals surface area contributed by atoms with Crippen LogP contribution in [-0.4, -0.2) is 95.6 Å². The Kier molecular flexibility index (Phi) is 6.19. The van der Waals surface area contributed by atoms with E-state index in [0.717, 1.165) is 61.2 Å². The highest BCUT2D eigenvalue weighted by molar-refractivity contribution is 7.15. The van der Waals surface area contributed by atoms with Gasteiger partial charge >= 0.3 is 11.9 Å². The van der Waals surface area contributed by atoms with Crippen LogP contribution in [0.4, 0.5) is 0 Å². The number of hydrogen-bond donors (Lipinski definition) is 2. The van der Waals surface area contributed by atoms with Gasteiger partial charge in [0.05, 0.1) is 0 Å². The number of nitrogens with zero attached hydrogens (tertiary/aromatic N) is 2. The van der Waals surface area contributed by atoms with Crippen LogP contribution in [0.1, 0.15) is 54.4 Å². The molecule has 4 bridgehead atoms. The normalized spacial score (nSPS) is 37.3. The average molecular weight is 707 g/mol. The van der Waals surface area contributed by atoms with Gasteiger partial charge in [-0.05, 0) is 88.3 Å². The molecule has 2 spiro atoms. The van der Waals surface area contributed by atoms with Gasteiger partial charge in [-0.1, -0.05) is 36.4 Å². The Morgan fingerprint density at radius 2 is 1.16 bits per heavy atom. The van der Waals surface area contributed by atoms with Crippen molar-refractivity contribution in [3.8, 4) is 23.0 Å². The molecule has 0 saturated carbocycles. The minimum Gasteiger partial charge on any atom is -0.482 e. The molecule has 2 fully saturated rings. The van der Waals surface area contributed by atoms with Crippen LogP contribution >= 0.6 is 11.3 Å². The maximum Gasteiger partial charge on any atom is 0.353 e. The van der Waals surface area contributed by atoms with Crippen molar-refractivity contribution >= 4 is 23.3 Å². The Labute approximate surface area is 298 Å². The molecule has 10 nitrogen and oxygen atoms in total. The lowest BCUT2D eigenvalue weighted by Crippen LogP contribution is -2.64. The van der Waals surface area contributed by atoms with Gasteiger partial charge in [-0.3, -0.25) is 0 Å². The van der Waals surface area contributed by atoms with E-state index in [1.54, 1.807) is 24.3 Å². The first-order valence-electron chi connectivity index (χ1n) is 18.0. The smallest absolute Gasteiger partial charge is 0.353 e. The summed E-state index contributed by atoms with van der Waals surface area (Å²) in [6, 6.07) is 11.4. The third-order valence-corrected chi connectivity index (χ3v) is 14.7. The number of thiophene rings is 1. The molecule has 4 aliphatic carbocycles. The summed E-state index contributed by atoms with van der Waals surface area (Å²) in [6.45, 7) is 1.80. The van der Waals surface area contributed by atoms with Crippen molar-refractivity contribution < 1.29 is 38.7 Å². The zero-order chi connectivity index (χ0) is 34.6. The summed E-state index contributed by atoms with van der Waals surface area (Å²) >= 11 is 1.01. The molecule has 0 radical (unpaired) electrons. The molecule has 5 heterocycles. The van der Waals surface area contributed by atoms with Crippen molar-refractivity contribution in [2.24, 2.45) is 11.8 Å². The Bertz CT molecular complexity index is 1980. The second-order valence-corrected chi connectivity index (χ2v) is 16.8. The highest BCUT2D eigenvalue weighted by atomic mass is 32.1. The largest absolute Gasteiger partial charge is 0.482 e. The summed E-state index contributed by atoms with van der Waals surface area (Å²) in [5, 5.41) is 22.1. The number of rotatable bonds is 4. The number of benzene rings is 2. The number of aliphatic hydroxyl groups excluding tert-OH is 2. The predicted octanol–water partition coefficient (Wildman–Crippen LogP) is 3.80. The lowest BCUT2D eigenvalue weighted by Gasteiger charge is -2.56. The average Bonchev–Trinajstić information content (AvgIpc) is 3.85. The summed E-state index contributed by atoms with van der Waals surface area (Å²) in [6.07, 6.45) is 9.05. The second-order valence-electron chi connectivity index (χ2n) is 15.8. The minimum absolute atomic E-state index is 0.203. The Morgan fingerprint density at radius 1 is 0.706 bits per heavy atom. The van der Waals surface area contributed by atoms with Crippen LogP contribution < -0.4 is 18.9 Å². The molecule has 51 heavy (non-hydrogen) atoms. The second kappa shape index (κ2) is 10.3. The van der Waals surface area contributed by atoms with Crippen LogP contribution in [0, 0.1) is 11.8 Å². The molecular weight excluding hydrogens is 669 g/mol. The van der Waals surface area contributed by atoms with Crippen LogP contribution in [-0.2, 0) is 23.7 Å². The van der Waals surface area contributed by atoms with Crippen LogP contribution in [0.5, 0.6) is 23.0 Å². The number of carbonyl (C=O) groups excluding carboxylic acids is 2. The van der Waals surface area contributed by atoms with Gasteiger partial charge in [-0.25, -0.2) is 9.59 Å². The zero-order valence-corrected chi connectivity index (χ0v) is 29.1. The summed E-state index contributed by atoms with van der Waals surface area (Å²) in [5.74, 6) is 0.948. The third kappa shape index (κ3) is 3.80. The first-order chi connectivity index (χ1) is 24.7. The van der Waals surface area contributed by atoms with Crippen LogP contribution in [0.3, 0.4) is 0 Å². The van der Waals surface area contributed by atoms with Crippen molar-refractivity contribution in [2.45, 2.75) is 73.0 Å². The van der Waals surface area contributed by atoms with Gasteiger partial charge in [0, 0.05) is 45.9 Å². The standard InChI is InChI=1S/C40H38N2O8S/c1-41-15-13-39-21-5-7-25(43)35(39)49-33-27(9-3-19(31(33)39)17-23(21)41)47-37(45)29-11-12-30(51-29)38(46)48-28-10-4-20-18-24-22-6-8-26(44)36-40(22,14-16-42(24)2)32(20)34(28)50-36/h3-12,21-26,35-36,43-44H,13-18H2,1-2H3/t21-,22-,23+,24+,25-,26-,35-,36-,39-,40-/m0/s1. The van der Waals surface area contributed by atoms with Crippen molar-refractivity contribution in [1.29, 1.82) is 0 Å². The molecule has 262 valence electrons. The topological polar surface area (TPSA) is 118 Å². The quantitative estimate of drug-likeness (QED) is 0.236. The number of likely N-dealkylation sites (N-methyl/N-ethyl adjacent to an activating group) is 2. The van der Waals surface area contributed by atoms with E-state index in [9.17, 15) is 19.8 Å². The molecule has 8 aliphatic rings. The fourth-order valence-corrected chi connectivity index (χ4v) is 12.2. The molecular formula is C40H38N2O8S. The molecule has 0 unspecified atom stereocenters. The van der Waals surface area contributed by atoms with Gasteiger partial charge in [0.25, 0.3) is 0 Å². The highest BCUT2D eigenvalue weighted by Crippen LogP contribution is 2.64. The molecule has 2 aromatic carbocycles. The SMILES string of the molecule is CN1CC[C@]23c4c5ccc(OC(=O)c6ccc(C(=O)Oc7ccc8c9c7O[C@H]7[C@@H](O)C=C[C@H]%10[C@@H](C8)N(C)CC[C@@]9%107)s6)c4O[C@H]2[C@@H](O)C=C[C@H]3[C@H]1C5. The molecule has 2 N–H and O–H groups in total. The molecule has 1 aromatic heterocycles. The Hall–Kier alpha value is -4.00. The van der Waals surface area contributed by atoms with Gasteiger partial charge < -0.3 is 39.0 Å². The molecule has 11 rings (SSSR count). The van der Waals surface area contributed by atoms with Crippen molar-refractivity contribution in [2.75, 3.05) is 27.2 Å². The lowest BCUT2D eigenvalue weighted by atomic mass is 9.53. The van der Waals surface area contributed by atoms with E-state index < -0.39 is 36.4 Å². The molecule has 3 aromatic rings. The number of esters is 2. The number of aliphatic hydroxyl groups is 2. The maximum atomic E-state index is 13.6. The number of likely N-dealkylation sites (tertiary alicyclic amines) is 2. The Balaban J connectivity index is 0.866. The highest BCUT2D eigenvalue weighted by Gasteiger charge is 2.65. The van der Waals surface area contributed by atoms with E-state index in [2.05, 4.69) is 36.0 Å². The van der Waals surface area contributed by atoms with Crippen molar-refractivity contribution in [1.82, 2.24) is 9.80 Å². The lowest BCUT2D eigenvalue weighted by molar-refractivity contribution is -0.0453. The number of carbonyl (C=O) groups is 2. The van der Waals surface area contributed by atoms with Crippen LogP contribution in [0.15, 0.2) is 60.7 Å². The molecule has 0 amide bonds. The predicted molar refractivity (Wildman–Crippen MR) is 186 cm³/mol. The third-order valence-electron chi connectivity index (χ3n) is 13.7. The van der Waals surface area contributed by atoms with E-state index in [0.29, 0.717) is 35.1 Å². The van der Waals surface area contributed by atoms with Gasteiger partial charge in [-0.15, -0.1) is 11.3 Å². The molecule has 11 heteroatoms. The zero-order valence-electron chi connectivity index (χ0n) is 28.3. The van der Waals surface area contributed by atoms with Crippen LogP contribution in [0.25, 0.3) is 0 Å². The molecule has 2 saturated heterocycles. The first kappa shape index (κ1) is 30.6. The van der Waals surface area contributed by atoms with Crippen molar-refractivity contribution in [3.63, 3.8) is 0 Å². The fraction of sp³-hybridized carbons (Fsp3) is 0.450. The summed E-state index contributed by atoms with van der Waals surface area (Å²) in [7, 11) is 4.33. The van der Waals surface area contributed by atoms with Gasteiger partial charge in [0.1, 0.15) is 34.2 Å². The summed E-state index contributed by atoms with van der Waals surface area (Å²) < 4.78 is 25.0. The first-order valence-corrected chi connectivity index (χ1v) is 18.8. The van der Waals surface area contributed by atoms with E-state index in [4.69, 9.17) is 18.9 Å². The summed E-state index contributed by atoms with van der Waals surface area (Å²) in [5.41, 5.74) is 3.76. The van der Waals surface area contributed by atoms with Crippen molar-refractivity contribution in [3.05, 3.63) is 92.7 Å². The number of hydrogen-bond acceptors (Lipinski definition) is 11. The molecule has 10 atom stereocenters. The fourth-order valence-electron chi connectivity index (χ4n) is 11.5.